The van der Waals surface area contributed by atoms with Crippen LogP contribution in [0.4, 0.5) is 0 Å². The molecule has 0 aliphatic heterocycles. The topological polar surface area (TPSA) is 83.2 Å². The van der Waals surface area contributed by atoms with Crippen LogP contribution in [0.25, 0.3) is 0 Å². The molecule has 0 saturated heterocycles. The normalized spacial score (nSPS) is 12.6. The van der Waals surface area contributed by atoms with Gasteiger partial charge in [0.25, 0.3) is 0 Å². The van der Waals surface area contributed by atoms with Gasteiger partial charge >= 0.3 is 59.1 Å². The van der Waals surface area contributed by atoms with Gasteiger partial charge in [0.2, 0.25) is 0 Å². The van der Waals surface area contributed by atoms with Crippen LogP contribution in [0.2, 0.25) is 0 Å². The molecule has 0 fully saturated rings. The number of unbranched alkanes of at least 4 members (excludes halogenated alkanes) is 5. The molecule has 0 aromatic heterocycles. The maximum Gasteiger partial charge on any atom is 1.00 e. The molecule has 17 heavy (non-hydrogen) atoms. The Morgan fingerprint density at radius 3 is 2.06 bits per heavy atom. The van der Waals surface area contributed by atoms with E-state index in [1.54, 1.807) is 0 Å². The van der Waals surface area contributed by atoms with E-state index in [9.17, 15) is 13.0 Å². The van der Waals surface area contributed by atoms with Gasteiger partial charge in [-0.2, -0.15) is 0 Å². The van der Waals surface area contributed by atoms with Gasteiger partial charge in [-0.05, 0) is 0 Å². The van der Waals surface area contributed by atoms with Crippen LogP contribution in [0.1, 0.15) is 51.9 Å². The molecule has 0 amide bonds. The molecule has 0 rings (SSSR count). The van der Waals surface area contributed by atoms with E-state index in [2.05, 4.69) is 6.92 Å². The zero-order valence-electron chi connectivity index (χ0n) is 11.2. The molecule has 94 valence electrons. The molecule has 4 nitrogen and oxygen atoms in total. The molecule has 1 atom stereocenters. The summed E-state index contributed by atoms with van der Waals surface area (Å²) in [6, 6.07) is 0. The molecule has 8 heteroatoms. The standard InChI is InChI=1S/C9H22NO3S2.2Na/c1-2-3-4-5-6-7-8-9(10)14-15(11,12)13;;/h9,14H,2-8,10H2,1H3,(H,11,12,13);;/q-1;2*+1/p-1. The van der Waals surface area contributed by atoms with E-state index in [0.717, 1.165) is 12.8 Å². The Kier molecular flexibility index (Phi) is 20.9. The van der Waals surface area contributed by atoms with Crippen LogP contribution in [0.15, 0.2) is 0 Å². The van der Waals surface area contributed by atoms with E-state index >= 15 is 0 Å². The van der Waals surface area contributed by atoms with Crippen molar-refractivity contribution in [3.8, 4) is 0 Å². The van der Waals surface area contributed by atoms with E-state index in [0.29, 0.717) is 6.42 Å². The number of hydrogen-bond donors (Lipinski definition) is 1. The summed E-state index contributed by atoms with van der Waals surface area (Å²) in [6.45, 7) is 2.16. The van der Waals surface area contributed by atoms with Gasteiger partial charge in [0.05, 0.1) is 0 Å². The molecule has 0 spiro atoms. The molecule has 0 aromatic rings. The zero-order chi connectivity index (χ0) is 11.7. The minimum Gasteiger partial charge on any atom is -0.766 e. The fourth-order valence-electron chi connectivity index (χ4n) is 1.35. The van der Waals surface area contributed by atoms with Crippen molar-refractivity contribution in [2.75, 3.05) is 0 Å². The van der Waals surface area contributed by atoms with Crippen LogP contribution in [0, 0.1) is 0 Å². The first-order valence-corrected chi connectivity index (χ1v) is 8.37. The van der Waals surface area contributed by atoms with Crippen LogP contribution >= 0.6 is 0 Å². The average molecular weight is 301 g/mol. The number of thiol groups is 1. The Hall–Kier alpha value is 2.22. The van der Waals surface area contributed by atoms with Crippen molar-refractivity contribution in [2.45, 2.75) is 57.2 Å². The monoisotopic (exact) mass is 301 g/mol. The molecule has 0 saturated carbocycles. The summed E-state index contributed by atoms with van der Waals surface area (Å²) in [4.78, 5) is 0. The molecule has 1 unspecified atom stereocenters. The smallest absolute Gasteiger partial charge is 0.766 e. The van der Waals surface area contributed by atoms with Crippen molar-refractivity contribution in [1.29, 1.82) is 0 Å². The van der Waals surface area contributed by atoms with Crippen molar-refractivity contribution < 1.29 is 72.1 Å². The second kappa shape index (κ2) is 14.6. The van der Waals surface area contributed by atoms with Crippen LogP contribution in [0.3, 0.4) is 0 Å². The second-order valence-corrected chi connectivity index (χ2v) is 7.36. The molecule has 0 aromatic carbocycles. The second-order valence-electron chi connectivity index (χ2n) is 3.66. The van der Waals surface area contributed by atoms with Gasteiger partial charge in [0.15, 0.2) is 0 Å². The number of rotatable bonds is 9. The summed E-state index contributed by atoms with van der Waals surface area (Å²) in [5, 5.41) is -0.515. The fourth-order valence-corrected chi connectivity index (χ4v) is 3.28. The summed E-state index contributed by atoms with van der Waals surface area (Å²) in [6.07, 6.45) is 7.46. The molecule has 2 N–H and O–H groups in total. The molecule has 0 aliphatic rings. The van der Waals surface area contributed by atoms with Crippen LogP contribution in [-0.2, 0) is 19.9 Å². The van der Waals surface area contributed by atoms with Crippen LogP contribution < -0.4 is 64.8 Å². The minimum absolute atomic E-state index is 0. The van der Waals surface area contributed by atoms with E-state index in [1.165, 1.54) is 25.7 Å². The van der Waals surface area contributed by atoms with Gasteiger partial charge in [0.1, 0.15) is 0 Å². The van der Waals surface area contributed by atoms with Crippen LogP contribution in [0.5, 0.6) is 0 Å². The third-order valence-corrected chi connectivity index (χ3v) is 4.49. The molecular weight excluding hydrogens is 280 g/mol. The van der Waals surface area contributed by atoms with Gasteiger partial charge < -0.3 is 21.1 Å². The Morgan fingerprint density at radius 2 is 1.59 bits per heavy atom. The minimum atomic E-state index is -4.18. The summed E-state index contributed by atoms with van der Waals surface area (Å²) in [5.74, 6) is 0. The fraction of sp³-hybridized carbons (Fsp3) is 1.00. The maximum atomic E-state index is 10.4. The maximum absolute atomic E-state index is 10.4. The largest absolute Gasteiger partial charge is 1.00 e. The van der Waals surface area contributed by atoms with E-state index in [1.807, 2.05) is 0 Å². The van der Waals surface area contributed by atoms with Crippen LogP contribution in [-0.4, -0.2) is 18.3 Å². The van der Waals surface area contributed by atoms with Gasteiger partial charge in [-0.25, -0.2) is 0 Å². The Balaban J connectivity index is -0.000000980. The molecular formula is C9H21NNa2O3S2. The summed E-state index contributed by atoms with van der Waals surface area (Å²) < 4.78 is 31.1. The Labute approximate surface area is 153 Å². The van der Waals surface area contributed by atoms with Crippen molar-refractivity contribution in [2.24, 2.45) is 5.73 Å². The number of nitrogens with two attached hydrogens (primary N) is 1. The van der Waals surface area contributed by atoms with Crippen molar-refractivity contribution >= 4 is 19.9 Å². The molecule has 0 radical (unpaired) electrons. The summed E-state index contributed by atoms with van der Waals surface area (Å²) >= 11 is 0. The van der Waals surface area contributed by atoms with Gasteiger partial charge in [-0.15, -0.1) is 0 Å². The number of hydrogen-bond acceptors (Lipinski definition) is 5. The quantitative estimate of drug-likeness (QED) is 0.116. The van der Waals surface area contributed by atoms with E-state index < -0.39 is 14.5 Å². The SMILES string of the molecule is CCCCCCCCC(N)[SH-]S(=O)(=O)[O-].[Na+].[Na+]. The first-order valence-electron chi connectivity index (χ1n) is 5.39. The third-order valence-electron chi connectivity index (χ3n) is 2.12. The van der Waals surface area contributed by atoms with Gasteiger partial charge in [0, 0.05) is 9.15 Å². The predicted molar refractivity (Wildman–Crippen MR) is 64.4 cm³/mol. The first kappa shape index (κ1) is 24.3. The summed E-state index contributed by atoms with van der Waals surface area (Å²) in [5.41, 5.74) is 5.51. The average Bonchev–Trinajstić information content (AvgIpc) is 2.08. The Bertz CT molecular complexity index is 251. The van der Waals surface area contributed by atoms with E-state index in [-0.39, 0.29) is 69.9 Å². The molecule has 0 heterocycles. The van der Waals surface area contributed by atoms with Crippen molar-refractivity contribution in [1.82, 2.24) is 0 Å². The third kappa shape index (κ3) is 20.7. The first-order chi connectivity index (χ1) is 6.95. The molecule has 0 aliphatic carbocycles. The van der Waals surface area contributed by atoms with E-state index in [4.69, 9.17) is 5.73 Å². The van der Waals surface area contributed by atoms with Crippen molar-refractivity contribution in [3.63, 3.8) is 0 Å². The van der Waals surface area contributed by atoms with Gasteiger partial charge in [-0.3, -0.25) is 8.42 Å². The summed E-state index contributed by atoms with van der Waals surface area (Å²) in [7, 11) is -4.36. The predicted octanol–water partition coefficient (Wildman–Crippen LogP) is -4.70. The molecule has 0 bridgehead atoms. The Morgan fingerprint density at radius 1 is 1.12 bits per heavy atom. The van der Waals surface area contributed by atoms with Gasteiger partial charge in [-0.1, -0.05) is 57.2 Å². The van der Waals surface area contributed by atoms with Crippen molar-refractivity contribution in [3.05, 3.63) is 0 Å². The zero-order valence-corrected chi connectivity index (χ0v) is 16.9.